The number of aryl methyl sites for hydroxylation is 1. The molecular formula is C28H31BrFN7O5. The standard InChI is InChI=1S/C28H31BrFN7O5/c1-16(41-23-9-17(29)13-32-25(23)34-24(38)14-33-27(40)42-28(2,3)4)22-10-18(30)7-8-21(22)26(39)36(5)15-19-11-20(12-31)37(6)35-19/h7-11,13,16H,14-15H2,1-6H3,(H,33,40)(H,32,34,38)/t16-/m1/s1. The van der Waals surface area contributed by atoms with E-state index in [0.717, 1.165) is 0 Å². The lowest BCUT2D eigenvalue weighted by molar-refractivity contribution is -0.115. The van der Waals surface area contributed by atoms with Crippen molar-refractivity contribution in [1.82, 2.24) is 25.0 Å². The molecule has 0 radical (unpaired) electrons. The van der Waals surface area contributed by atoms with Gasteiger partial charge in [0.15, 0.2) is 11.6 Å². The number of rotatable bonds is 9. The first-order valence-electron chi connectivity index (χ1n) is 12.7. The Morgan fingerprint density at radius 3 is 2.60 bits per heavy atom. The van der Waals surface area contributed by atoms with Crippen LogP contribution >= 0.6 is 15.9 Å². The minimum atomic E-state index is -0.861. The summed E-state index contributed by atoms with van der Waals surface area (Å²) in [5.41, 5.74) is 0.587. The molecule has 2 heterocycles. The summed E-state index contributed by atoms with van der Waals surface area (Å²) in [4.78, 5) is 43.4. The van der Waals surface area contributed by atoms with Crippen LogP contribution in [0.2, 0.25) is 0 Å². The molecule has 0 fully saturated rings. The molecule has 0 saturated heterocycles. The van der Waals surface area contributed by atoms with Crippen molar-refractivity contribution < 1.29 is 28.2 Å². The van der Waals surface area contributed by atoms with Gasteiger partial charge in [0.05, 0.1) is 12.2 Å². The fourth-order valence-corrected chi connectivity index (χ4v) is 4.11. The molecule has 0 spiro atoms. The third-order valence-corrected chi connectivity index (χ3v) is 6.08. The van der Waals surface area contributed by atoms with E-state index in [1.807, 2.05) is 6.07 Å². The highest BCUT2D eigenvalue weighted by atomic mass is 79.9. The van der Waals surface area contributed by atoms with Crippen LogP contribution in [0.4, 0.5) is 15.0 Å². The molecule has 2 N–H and O–H groups in total. The molecule has 0 aliphatic carbocycles. The molecule has 1 aromatic carbocycles. The number of carbonyl (C=O) groups is 3. The van der Waals surface area contributed by atoms with Gasteiger partial charge in [0.2, 0.25) is 5.91 Å². The maximum absolute atomic E-state index is 14.4. The monoisotopic (exact) mass is 643 g/mol. The van der Waals surface area contributed by atoms with Crippen LogP contribution in [0.1, 0.15) is 61.1 Å². The number of alkyl carbamates (subject to hydrolysis) is 1. The Morgan fingerprint density at radius 2 is 1.95 bits per heavy atom. The van der Waals surface area contributed by atoms with Crippen molar-refractivity contribution in [3.63, 3.8) is 0 Å². The number of carbonyl (C=O) groups excluding carboxylic acids is 3. The summed E-state index contributed by atoms with van der Waals surface area (Å²) in [6.07, 6.45) is -0.177. The highest BCUT2D eigenvalue weighted by molar-refractivity contribution is 9.10. The second-order valence-electron chi connectivity index (χ2n) is 10.3. The number of nitrogens with one attached hydrogen (secondary N) is 2. The summed E-state index contributed by atoms with van der Waals surface area (Å²) in [5.74, 6) is -1.40. The molecule has 0 saturated carbocycles. The zero-order valence-corrected chi connectivity index (χ0v) is 25.6. The van der Waals surface area contributed by atoms with E-state index in [1.165, 1.54) is 34.0 Å². The van der Waals surface area contributed by atoms with E-state index >= 15 is 0 Å². The van der Waals surface area contributed by atoms with Crippen LogP contribution in [0.5, 0.6) is 5.75 Å². The molecule has 3 aromatic rings. The summed E-state index contributed by atoms with van der Waals surface area (Å²) in [6, 6.07) is 8.91. The number of ether oxygens (including phenoxy) is 2. The van der Waals surface area contributed by atoms with Gasteiger partial charge in [-0.25, -0.2) is 14.2 Å². The molecule has 0 aliphatic rings. The van der Waals surface area contributed by atoms with E-state index < -0.39 is 35.4 Å². The van der Waals surface area contributed by atoms with Gasteiger partial charge in [0.25, 0.3) is 5.91 Å². The summed E-state index contributed by atoms with van der Waals surface area (Å²) in [6.45, 7) is 6.45. The zero-order valence-electron chi connectivity index (χ0n) is 24.0. The largest absolute Gasteiger partial charge is 0.482 e. The molecule has 12 nitrogen and oxygen atoms in total. The summed E-state index contributed by atoms with van der Waals surface area (Å²) >= 11 is 3.32. The fourth-order valence-electron chi connectivity index (χ4n) is 3.79. The summed E-state index contributed by atoms with van der Waals surface area (Å²) in [5, 5.41) is 18.4. The first-order chi connectivity index (χ1) is 19.7. The highest BCUT2D eigenvalue weighted by Crippen LogP contribution is 2.32. The quantitative estimate of drug-likeness (QED) is 0.347. The van der Waals surface area contributed by atoms with Gasteiger partial charge in [-0.2, -0.15) is 10.4 Å². The Kier molecular flexibility index (Phi) is 10.2. The molecule has 14 heteroatoms. The Hall–Kier alpha value is -4.51. The average Bonchev–Trinajstić information content (AvgIpc) is 3.26. The van der Waals surface area contributed by atoms with Crippen LogP contribution in [-0.2, 0) is 23.1 Å². The number of amides is 3. The van der Waals surface area contributed by atoms with Gasteiger partial charge < -0.3 is 25.0 Å². The number of hydrogen-bond acceptors (Lipinski definition) is 8. The predicted octanol–water partition coefficient (Wildman–Crippen LogP) is 4.46. The maximum Gasteiger partial charge on any atom is 0.408 e. The maximum atomic E-state index is 14.4. The average molecular weight is 645 g/mol. The van der Waals surface area contributed by atoms with E-state index in [2.05, 4.69) is 36.6 Å². The van der Waals surface area contributed by atoms with Crippen molar-refractivity contribution in [3.8, 4) is 11.8 Å². The predicted molar refractivity (Wildman–Crippen MR) is 154 cm³/mol. The van der Waals surface area contributed by atoms with Gasteiger partial charge in [-0.1, -0.05) is 0 Å². The lowest BCUT2D eigenvalue weighted by Crippen LogP contribution is -2.37. The Bertz CT molecular complexity index is 1530. The Labute approximate surface area is 250 Å². The fraction of sp³-hybridized carbons (Fsp3) is 0.357. The Balaban J connectivity index is 1.78. The molecule has 3 rings (SSSR count). The van der Waals surface area contributed by atoms with Gasteiger partial charge in [0, 0.05) is 35.9 Å². The minimum Gasteiger partial charge on any atom is -0.482 e. The number of halogens is 2. The second kappa shape index (κ2) is 13.4. The lowest BCUT2D eigenvalue weighted by Gasteiger charge is -2.22. The van der Waals surface area contributed by atoms with Crippen molar-refractivity contribution in [2.45, 2.75) is 45.9 Å². The lowest BCUT2D eigenvalue weighted by atomic mass is 10.0. The van der Waals surface area contributed by atoms with E-state index in [9.17, 15) is 24.0 Å². The van der Waals surface area contributed by atoms with Crippen LogP contribution < -0.4 is 15.4 Å². The van der Waals surface area contributed by atoms with Crippen LogP contribution in [0, 0.1) is 17.1 Å². The van der Waals surface area contributed by atoms with Gasteiger partial charge in [-0.05, 0) is 74.0 Å². The van der Waals surface area contributed by atoms with Gasteiger partial charge in [0.1, 0.15) is 35.8 Å². The third-order valence-electron chi connectivity index (χ3n) is 5.65. The van der Waals surface area contributed by atoms with E-state index in [-0.39, 0.29) is 35.8 Å². The number of pyridine rings is 1. The number of benzene rings is 1. The van der Waals surface area contributed by atoms with Gasteiger partial charge >= 0.3 is 6.09 Å². The van der Waals surface area contributed by atoms with Gasteiger partial charge in [-0.15, -0.1) is 0 Å². The minimum absolute atomic E-state index is 0.0471. The molecule has 222 valence electrons. The van der Waals surface area contributed by atoms with Crippen molar-refractivity contribution in [1.29, 1.82) is 5.26 Å². The van der Waals surface area contributed by atoms with Crippen LogP contribution in [-0.4, -0.2) is 56.8 Å². The molecule has 1 atom stereocenters. The number of nitriles is 1. The topological polar surface area (TPSA) is 151 Å². The van der Waals surface area contributed by atoms with Crippen LogP contribution in [0.15, 0.2) is 41.0 Å². The first-order valence-corrected chi connectivity index (χ1v) is 13.5. The van der Waals surface area contributed by atoms with Crippen LogP contribution in [0.3, 0.4) is 0 Å². The Morgan fingerprint density at radius 1 is 1.24 bits per heavy atom. The number of anilines is 1. The SMILES string of the molecule is C[C@@H](Oc1cc(Br)cnc1NC(=O)CNC(=O)OC(C)(C)C)c1cc(F)ccc1C(=O)N(C)Cc1cc(C#N)n(C)n1. The van der Waals surface area contributed by atoms with E-state index in [4.69, 9.17) is 9.47 Å². The summed E-state index contributed by atoms with van der Waals surface area (Å²) < 4.78 is 27.5. The molecule has 42 heavy (non-hydrogen) atoms. The normalized spacial score (nSPS) is 11.7. The summed E-state index contributed by atoms with van der Waals surface area (Å²) in [7, 11) is 3.20. The van der Waals surface area contributed by atoms with Crippen molar-refractivity contribution in [3.05, 3.63) is 69.3 Å². The zero-order chi connectivity index (χ0) is 31.2. The third kappa shape index (κ3) is 8.74. The first kappa shape index (κ1) is 32.0. The highest BCUT2D eigenvalue weighted by Gasteiger charge is 2.24. The van der Waals surface area contributed by atoms with Crippen molar-refractivity contribution in [2.75, 3.05) is 18.9 Å². The second-order valence-corrected chi connectivity index (χ2v) is 11.2. The molecule has 3 amide bonds. The smallest absolute Gasteiger partial charge is 0.408 e. The van der Waals surface area contributed by atoms with Crippen LogP contribution in [0.25, 0.3) is 0 Å². The molecule has 0 unspecified atom stereocenters. The molecule has 0 aliphatic heterocycles. The van der Waals surface area contributed by atoms with E-state index in [1.54, 1.807) is 53.9 Å². The van der Waals surface area contributed by atoms with Gasteiger partial charge in [-0.3, -0.25) is 14.3 Å². The number of aromatic nitrogens is 3. The van der Waals surface area contributed by atoms with Crippen molar-refractivity contribution in [2.24, 2.45) is 7.05 Å². The molecule has 0 bridgehead atoms. The molecular weight excluding hydrogens is 613 g/mol. The molecule has 2 aromatic heterocycles. The van der Waals surface area contributed by atoms with Crippen molar-refractivity contribution >= 4 is 39.7 Å². The van der Waals surface area contributed by atoms with E-state index in [0.29, 0.717) is 15.9 Å². The number of nitrogens with zero attached hydrogens (tertiary/aromatic N) is 5. The number of hydrogen-bond donors (Lipinski definition) is 2.